The van der Waals surface area contributed by atoms with Crippen LogP contribution in [0.2, 0.25) is 0 Å². The lowest BCUT2D eigenvalue weighted by atomic mass is 10.1. The van der Waals surface area contributed by atoms with E-state index in [9.17, 15) is 4.79 Å². The number of ether oxygens (including phenoxy) is 2. The first-order chi connectivity index (χ1) is 6.56. The van der Waals surface area contributed by atoms with Gasteiger partial charge >= 0.3 is 5.97 Å². The fourth-order valence-corrected chi connectivity index (χ4v) is 1.47. The number of carbonyl (C=O) groups excluding carboxylic acids is 1. The van der Waals surface area contributed by atoms with E-state index in [0.717, 1.165) is 12.8 Å². The van der Waals surface area contributed by atoms with E-state index in [1.54, 1.807) is 13.8 Å². The van der Waals surface area contributed by atoms with Crippen molar-refractivity contribution in [1.82, 2.24) is 0 Å². The summed E-state index contributed by atoms with van der Waals surface area (Å²) in [7, 11) is 0. The van der Waals surface area contributed by atoms with Crippen LogP contribution in [-0.2, 0) is 14.3 Å². The van der Waals surface area contributed by atoms with Gasteiger partial charge in [-0.25, -0.2) is 4.79 Å². The Hall–Kier alpha value is -1.25. The van der Waals surface area contributed by atoms with Crippen LogP contribution < -0.4 is 0 Å². The SMILES string of the molecule is C=CCCCC1(C)OC(=O)C=C(C)O1. The minimum absolute atomic E-state index is 0.324. The average molecular weight is 196 g/mol. The summed E-state index contributed by atoms with van der Waals surface area (Å²) in [4.78, 5) is 11.1. The smallest absolute Gasteiger partial charge is 0.337 e. The van der Waals surface area contributed by atoms with E-state index in [1.165, 1.54) is 6.08 Å². The van der Waals surface area contributed by atoms with E-state index in [4.69, 9.17) is 9.47 Å². The van der Waals surface area contributed by atoms with Crippen molar-refractivity contribution >= 4 is 5.97 Å². The van der Waals surface area contributed by atoms with Gasteiger partial charge < -0.3 is 9.47 Å². The number of unbranched alkanes of at least 4 members (excludes halogenated alkanes) is 1. The van der Waals surface area contributed by atoms with E-state index >= 15 is 0 Å². The third kappa shape index (κ3) is 2.91. The fourth-order valence-electron chi connectivity index (χ4n) is 1.47. The molecule has 0 aromatic carbocycles. The normalized spacial score (nSPS) is 26.1. The van der Waals surface area contributed by atoms with Crippen molar-refractivity contribution in [3.05, 3.63) is 24.5 Å². The highest BCUT2D eigenvalue weighted by Crippen LogP contribution is 2.27. The zero-order valence-corrected chi connectivity index (χ0v) is 8.71. The molecule has 0 spiro atoms. The van der Waals surface area contributed by atoms with Gasteiger partial charge in [0.25, 0.3) is 5.79 Å². The molecular weight excluding hydrogens is 180 g/mol. The van der Waals surface area contributed by atoms with Gasteiger partial charge in [0.1, 0.15) is 5.76 Å². The van der Waals surface area contributed by atoms with Crippen LogP contribution in [0.15, 0.2) is 24.5 Å². The maximum atomic E-state index is 11.1. The first kappa shape index (κ1) is 10.8. The zero-order chi connectivity index (χ0) is 10.6. The highest BCUT2D eigenvalue weighted by Gasteiger charge is 2.33. The second-order valence-corrected chi connectivity index (χ2v) is 3.59. The number of carbonyl (C=O) groups is 1. The number of cyclic esters (lactones) is 1. The van der Waals surface area contributed by atoms with Gasteiger partial charge in [-0.3, -0.25) is 0 Å². The first-order valence-electron chi connectivity index (χ1n) is 4.77. The molecule has 0 amide bonds. The molecule has 3 nitrogen and oxygen atoms in total. The molecule has 0 saturated heterocycles. The fraction of sp³-hybridized carbons (Fsp3) is 0.545. The van der Waals surface area contributed by atoms with Crippen LogP contribution >= 0.6 is 0 Å². The molecule has 1 heterocycles. The van der Waals surface area contributed by atoms with E-state index in [0.29, 0.717) is 12.2 Å². The Labute approximate surface area is 84.4 Å². The molecule has 0 aromatic rings. The van der Waals surface area contributed by atoms with Gasteiger partial charge in [-0.15, -0.1) is 6.58 Å². The predicted octanol–water partition coefficient (Wildman–Crippen LogP) is 2.54. The van der Waals surface area contributed by atoms with Crippen molar-refractivity contribution in [2.75, 3.05) is 0 Å². The maximum absolute atomic E-state index is 11.1. The van der Waals surface area contributed by atoms with Gasteiger partial charge in [0.2, 0.25) is 0 Å². The first-order valence-corrected chi connectivity index (χ1v) is 4.77. The maximum Gasteiger partial charge on any atom is 0.337 e. The molecule has 78 valence electrons. The summed E-state index contributed by atoms with van der Waals surface area (Å²) in [6, 6.07) is 0. The van der Waals surface area contributed by atoms with Crippen LogP contribution in [0.3, 0.4) is 0 Å². The molecule has 0 bridgehead atoms. The van der Waals surface area contributed by atoms with Crippen molar-refractivity contribution in [1.29, 1.82) is 0 Å². The van der Waals surface area contributed by atoms with Crippen molar-refractivity contribution in [3.8, 4) is 0 Å². The molecule has 1 aliphatic rings. The molecule has 3 heteroatoms. The zero-order valence-electron chi connectivity index (χ0n) is 8.71. The number of esters is 1. The van der Waals surface area contributed by atoms with Crippen molar-refractivity contribution in [3.63, 3.8) is 0 Å². The van der Waals surface area contributed by atoms with Crippen LogP contribution in [0.5, 0.6) is 0 Å². The number of rotatable bonds is 4. The summed E-state index contributed by atoms with van der Waals surface area (Å²) >= 11 is 0. The summed E-state index contributed by atoms with van der Waals surface area (Å²) < 4.78 is 10.6. The third-order valence-corrected chi connectivity index (χ3v) is 2.05. The van der Waals surface area contributed by atoms with E-state index in [2.05, 4.69) is 6.58 Å². The molecule has 0 radical (unpaired) electrons. The molecule has 1 rings (SSSR count). The third-order valence-electron chi connectivity index (χ3n) is 2.05. The molecule has 0 N–H and O–H groups in total. The minimum atomic E-state index is -0.793. The Morgan fingerprint density at radius 2 is 2.29 bits per heavy atom. The highest BCUT2D eigenvalue weighted by atomic mass is 16.7. The lowest BCUT2D eigenvalue weighted by Crippen LogP contribution is -2.37. The lowest BCUT2D eigenvalue weighted by molar-refractivity contribution is -0.215. The Kier molecular flexibility index (Phi) is 3.33. The summed E-state index contributed by atoms with van der Waals surface area (Å²) in [6.07, 6.45) is 5.70. The summed E-state index contributed by atoms with van der Waals surface area (Å²) in [5.74, 6) is -0.504. The Balaban J connectivity index is 2.53. The standard InChI is InChI=1S/C11H16O3/c1-4-5-6-7-11(3)13-9(2)8-10(12)14-11/h4,8H,1,5-7H2,2-3H3. The monoisotopic (exact) mass is 196 g/mol. The molecule has 0 saturated carbocycles. The molecule has 0 fully saturated rings. The average Bonchev–Trinajstić information content (AvgIpc) is 2.01. The highest BCUT2D eigenvalue weighted by molar-refractivity contribution is 5.83. The summed E-state index contributed by atoms with van der Waals surface area (Å²) in [6.45, 7) is 7.17. The Morgan fingerprint density at radius 3 is 2.86 bits per heavy atom. The van der Waals surface area contributed by atoms with Crippen molar-refractivity contribution in [2.24, 2.45) is 0 Å². The van der Waals surface area contributed by atoms with Gasteiger partial charge in [0.15, 0.2) is 0 Å². The molecule has 1 unspecified atom stereocenters. The molecule has 1 atom stereocenters. The largest absolute Gasteiger partial charge is 0.457 e. The van der Waals surface area contributed by atoms with E-state index in [-0.39, 0.29) is 5.97 Å². The Bertz CT molecular complexity index is 268. The molecular formula is C11H16O3. The quantitative estimate of drug-likeness (QED) is 0.394. The van der Waals surface area contributed by atoms with Gasteiger partial charge in [0, 0.05) is 13.3 Å². The second kappa shape index (κ2) is 4.31. The summed E-state index contributed by atoms with van der Waals surface area (Å²) in [5, 5.41) is 0. The van der Waals surface area contributed by atoms with E-state index < -0.39 is 5.79 Å². The van der Waals surface area contributed by atoms with Gasteiger partial charge in [-0.05, 0) is 19.8 Å². The Morgan fingerprint density at radius 1 is 1.57 bits per heavy atom. The molecule has 0 aliphatic carbocycles. The molecule has 1 aliphatic heterocycles. The minimum Gasteiger partial charge on any atom is -0.457 e. The van der Waals surface area contributed by atoms with Crippen LogP contribution in [0.4, 0.5) is 0 Å². The van der Waals surface area contributed by atoms with E-state index in [1.807, 2.05) is 6.08 Å². The lowest BCUT2D eigenvalue weighted by Gasteiger charge is -2.33. The second-order valence-electron chi connectivity index (χ2n) is 3.59. The topological polar surface area (TPSA) is 35.5 Å². The van der Waals surface area contributed by atoms with Crippen molar-refractivity contribution < 1.29 is 14.3 Å². The van der Waals surface area contributed by atoms with Crippen LogP contribution in [0, 0.1) is 0 Å². The number of allylic oxidation sites excluding steroid dienone is 2. The number of hydrogen-bond donors (Lipinski definition) is 0. The molecule has 0 aromatic heterocycles. The molecule has 14 heavy (non-hydrogen) atoms. The van der Waals surface area contributed by atoms with Crippen LogP contribution in [0.25, 0.3) is 0 Å². The van der Waals surface area contributed by atoms with Gasteiger partial charge in [-0.2, -0.15) is 0 Å². The van der Waals surface area contributed by atoms with Crippen LogP contribution in [0.1, 0.15) is 33.1 Å². The van der Waals surface area contributed by atoms with Gasteiger partial charge in [-0.1, -0.05) is 6.08 Å². The predicted molar refractivity (Wildman–Crippen MR) is 53.4 cm³/mol. The van der Waals surface area contributed by atoms with Crippen LogP contribution in [-0.4, -0.2) is 11.8 Å². The van der Waals surface area contributed by atoms with Gasteiger partial charge in [0.05, 0.1) is 6.08 Å². The number of hydrogen-bond acceptors (Lipinski definition) is 3. The van der Waals surface area contributed by atoms with Crippen molar-refractivity contribution in [2.45, 2.75) is 38.9 Å². The summed E-state index contributed by atoms with van der Waals surface area (Å²) in [5.41, 5.74) is 0.